The highest BCUT2D eigenvalue weighted by molar-refractivity contribution is 5.76. The lowest BCUT2D eigenvalue weighted by Gasteiger charge is -2.46. The van der Waals surface area contributed by atoms with E-state index in [-0.39, 0.29) is 18.9 Å². The van der Waals surface area contributed by atoms with Crippen LogP contribution in [0.4, 0.5) is 0 Å². The van der Waals surface area contributed by atoms with E-state index in [2.05, 4.69) is 79.9 Å². The molecule has 2 heterocycles. The van der Waals surface area contributed by atoms with E-state index < -0.39 is 86.8 Å². The van der Waals surface area contributed by atoms with Gasteiger partial charge in [0.2, 0.25) is 5.91 Å². The van der Waals surface area contributed by atoms with Crippen LogP contribution in [0.2, 0.25) is 0 Å². The molecule has 0 radical (unpaired) electrons. The van der Waals surface area contributed by atoms with Crippen molar-refractivity contribution in [3.8, 4) is 0 Å². The number of rotatable bonds is 60. The maximum Gasteiger partial charge on any atom is 0.220 e. The molecule has 2 aliphatic heterocycles. The molecule has 89 heavy (non-hydrogen) atoms. The highest BCUT2D eigenvalue weighted by Crippen LogP contribution is 2.30. The Morgan fingerprint density at radius 2 is 0.787 bits per heavy atom. The number of aliphatic hydroxyl groups is 8. The molecule has 0 aliphatic carbocycles. The van der Waals surface area contributed by atoms with Crippen LogP contribution < -0.4 is 5.32 Å². The summed E-state index contributed by atoms with van der Waals surface area (Å²) in [7, 11) is 0. The molecule has 0 aromatic heterocycles. The van der Waals surface area contributed by atoms with Gasteiger partial charge in [-0.15, -0.1) is 0 Å². The predicted molar refractivity (Wildman–Crippen MR) is 364 cm³/mol. The number of hydrogen-bond donors (Lipinski definition) is 9. The van der Waals surface area contributed by atoms with Crippen LogP contribution in [-0.2, 0) is 23.7 Å². The van der Waals surface area contributed by atoms with Gasteiger partial charge in [0.1, 0.15) is 48.8 Å². The molecule has 0 aromatic carbocycles. The van der Waals surface area contributed by atoms with Crippen molar-refractivity contribution in [2.24, 2.45) is 0 Å². The number of hydrogen-bond acceptors (Lipinski definition) is 13. The summed E-state index contributed by atoms with van der Waals surface area (Å²) in [6, 6.07) is -0.937. The fraction of sp³-hybridized carbons (Fsp3) is 0.827. The van der Waals surface area contributed by atoms with Crippen molar-refractivity contribution in [2.75, 3.05) is 19.8 Å². The Balaban J connectivity index is 1.68. The zero-order valence-corrected chi connectivity index (χ0v) is 56.4. The van der Waals surface area contributed by atoms with E-state index in [4.69, 9.17) is 18.9 Å². The van der Waals surface area contributed by atoms with Crippen molar-refractivity contribution in [3.05, 3.63) is 72.9 Å². The molecule has 12 unspecified atom stereocenters. The van der Waals surface area contributed by atoms with Gasteiger partial charge in [0, 0.05) is 6.42 Å². The second-order valence-electron chi connectivity index (χ2n) is 25.7. The number of carbonyl (C=O) groups excluding carboxylic acids is 1. The molecule has 0 bridgehead atoms. The van der Waals surface area contributed by atoms with Gasteiger partial charge in [0.05, 0.1) is 32.0 Å². The molecule has 2 fully saturated rings. The number of nitrogens with one attached hydrogen (secondary N) is 1. The molecule has 14 nitrogen and oxygen atoms in total. The molecule has 0 saturated carbocycles. The average molecular weight is 1260 g/mol. The average Bonchev–Trinajstić information content (AvgIpc) is 2.75. The van der Waals surface area contributed by atoms with Gasteiger partial charge in [-0.25, -0.2) is 0 Å². The van der Waals surface area contributed by atoms with Crippen molar-refractivity contribution < 1.29 is 64.6 Å². The molecule has 1 amide bonds. The van der Waals surface area contributed by atoms with Gasteiger partial charge in [-0.05, 0) is 70.6 Å². The van der Waals surface area contributed by atoms with E-state index in [0.717, 1.165) is 57.8 Å². The zero-order valence-electron chi connectivity index (χ0n) is 56.4. The van der Waals surface area contributed by atoms with Crippen LogP contribution in [0.3, 0.4) is 0 Å². The summed E-state index contributed by atoms with van der Waals surface area (Å²) in [5.41, 5.74) is 0. The number of amides is 1. The summed E-state index contributed by atoms with van der Waals surface area (Å²) in [5.74, 6) is -0.249. The van der Waals surface area contributed by atoms with Crippen molar-refractivity contribution in [3.63, 3.8) is 0 Å². The van der Waals surface area contributed by atoms with Gasteiger partial charge in [-0.2, -0.15) is 0 Å². The lowest BCUT2D eigenvalue weighted by molar-refractivity contribution is -0.359. The fourth-order valence-electron chi connectivity index (χ4n) is 11.8. The quantitative estimate of drug-likeness (QED) is 0.0204. The molecule has 9 N–H and O–H groups in total. The SMILES string of the molecule is CC/C=C\C/C=C\C/C=C\C/C=C\CCCCCCCCCCCCCCCCC(=O)NC(COC1OC(CO)C(OC2OC(CO)C(O)C(O)C2O)C(O)C1O)C(O)/C=C/CC/C=C/CCCCCCCCCCCCCCCCCCCCCCCC. The highest BCUT2D eigenvalue weighted by Gasteiger charge is 2.51. The molecule has 0 spiro atoms. The Morgan fingerprint density at radius 1 is 0.416 bits per heavy atom. The van der Waals surface area contributed by atoms with Gasteiger partial charge in [0.15, 0.2) is 12.6 Å². The van der Waals surface area contributed by atoms with Gasteiger partial charge < -0.3 is 65.1 Å². The van der Waals surface area contributed by atoms with E-state index in [1.54, 1.807) is 6.08 Å². The Kier molecular flexibility index (Phi) is 54.9. The molecule has 2 aliphatic rings. The van der Waals surface area contributed by atoms with Gasteiger partial charge >= 0.3 is 0 Å². The first kappa shape index (κ1) is 82.5. The minimum absolute atomic E-state index is 0.249. The Bertz CT molecular complexity index is 1770. The predicted octanol–water partition coefficient (Wildman–Crippen LogP) is 15.4. The van der Waals surface area contributed by atoms with Gasteiger partial charge in [0.25, 0.3) is 0 Å². The summed E-state index contributed by atoms with van der Waals surface area (Å²) in [6.45, 7) is 2.71. The van der Waals surface area contributed by atoms with Crippen molar-refractivity contribution >= 4 is 5.91 Å². The Labute approximate surface area is 542 Å². The highest BCUT2D eigenvalue weighted by atomic mass is 16.7. The topological polar surface area (TPSA) is 228 Å². The minimum atomic E-state index is -1.79. The smallest absolute Gasteiger partial charge is 0.220 e. The third kappa shape index (κ3) is 43.1. The maximum absolute atomic E-state index is 13.3. The summed E-state index contributed by atoms with van der Waals surface area (Å²) in [6.07, 6.45) is 63.9. The van der Waals surface area contributed by atoms with E-state index in [1.807, 2.05) is 6.08 Å². The second-order valence-corrected chi connectivity index (χ2v) is 25.7. The number of carbonyl (C=O) groups is 1. The van der Waals surface area contributed by atoms with E-state index in [9.17, 15) is 45.6 Å². The fourth-order valence-corrected chi connectivity index (χ4v) is 11.8. The Morgan fingerprint density at radius 3 is 1.24 bits per heavy atom. The van der Waals surface area contributed by atoms with Crippen LogP contribution in [0.15, 0.2) is 72.9 Å². The second kappa shape index (κ2) is 59.2. The van der Waals surface area contributed by atoms with Crippen LogP contribution in [0, 0.1) is 0 Å². The van der Waals surface area contributed by atoms with Crippen LogP contribution in [0.5, 0.6) is 0 Å². The van der Waals surface area contributed by atoms with Gasteiger partial charge in [-0.3, -0.25) is 4.79 Å². The van der Waals surface area contributed by atoms with E-state index >= 15 is 0 Å². The van der Waals surface area contributed by atoms with Crippen molar-refractivity contribution in [1.29, 1.82) is 0 Å². The monoisotopic (exact) mass is 1260 g/mol. The molecule has 0 aromatic rings. The summed E-state index contributed by atoms with van der Waals surface area (Å²) in [4.78, 5) is 13.3. The number of unbranched alkanes of at least 4 members (excludes halogenated alkanes) is 37. The molecule has 12 atom stereocenters. The number of aliphatic hydroxyl groups excluding tert-OH is 8. The van der Waals surface area contributed by atoms with Gasteiger partial charge in [-0.1, -0.05) is 299 Å². The first-order chi connectivity index (χ1) is 43.6. The standard InChI is InChI=1S/C75H135NO13/c1-3-5-7-9-11-13-15-17-19-21-23-25-27-29-31-33-34-36-38-40-42-44-46-48-50-52-54-56-58-64(79)63(62-86-74-72(85)70(83)73(66(61-78)88-74)89-75-71(84)69(82)68(81)65(60-77)87-75)76-67(80)59-57-55-53-51-49-47-45-43-41-39-37-35-32-30-28-26-24-22-20-18-16-14-12-10-8-6-4-2/h6,8,12,14,18,20,24,26,48,50,56,58,63-66,68-75,77-79,81-85H,3-5,7,9-11,13,15-17,19,21-23,25,27-47,49,51-55,57,59-62H2,1-2H3,(H,76,80)/b8-6-,14-12-,20-18-,26-24-,50-48+,58-56+. The molecular formula is C75H135NO13. The largest absolute Gasteiger partial charge is 0.394 e. The third-order valence-electron chi connectivity index (χ3n) is 17.6. The molecular weight excluding hydrogens is 1120 g/mol. The summed E-state index contributed by atoms with van der Waals surface area (Å²) in [5, 5.41) is 87.5. The van der Waals surface area contributed by atoms with Crippen LogP contribution >= 0.6 is 0 Å². The normalized spacial score (nSPS) is 23.4. The third-order valence-corrected chi connectivity index (χ3v) is 17.6. The first-order valence-corrected chi connectivity index (χ1v) is 36.7. The summed E-state index contributed by atoms with van der Waals surface area (Å²) < 4.78 is 22.9. The lowest BCUT2D eigenvalue weighted by atomic mass is 9.97. The van der Waals surface area contributed by atoms with Crippen LogP contribution in [0.25, 0.3) is 0 Å². The van der Waals surface area contributed by atoms with Crippen molar-refractivity contribution in [1.82, 2.24) is 5.32 Å². The molecule has 518 valence electrons. The van der Waals surface area contributed by atoms with E-state index in [0.29, 0.717) is 12.8 Å². The Hall–Kier alpha value is -2.57. The molecule has 2 rings (SSSR count). The number of allylic oxidation sites excluding steroid dienone is 11. The zero-order chi connectivity index (χ0) is 64.5. The van der Waals surface area contributed by atoms with E-state index in [1.165, 1.54) is 212 Å². The van der Waals surface area contributed by atoms with Crippen LogP contribution in [-0.4, -0.2) is 140 Å². The van der Waals surface area contributed by atoms with Crippen LogP contribution in [0.1, 0.15) is 303 Å². The maximum atomic E-state index is 13.3. The molecule has 2 saturated heterocycles. The number of ether oxygens (including phenoxy) is 4. The van der Waals surface area contributed by atoms with Crippen molar-refractivity contribution in [2.45, 2.75) is 376 Å². The lowest BCUT2D eigenvalue weighted by Crippen LogP contribution is -2.65. The minimum Gasteiger partial charge on any atom is -0.394 e. The summed E-state index contributed by atoms with van der Waals surface area (Å²) >= 11 is 0. The molecule has 14 heteroatoms. The first-order valence-electron chi connectivity index (χ1n) is 36.7.